The van der Waals surface area contributed by atoms with Gasteiger partial charge in [-0.05, 0) is 32.3 Å². The quantitative estimate of drug-likeness (QED) is 0.330. The van der Waals surface area contributed by atoms with E-state index in [2.05, 4.69) is 20.0 Å². The van der Waals surface area contributed by atoms with Crippen LogP contribution in [0.15, 0.2) is 6.33 Å². The third kappa shape index (κ3) is 5.26. The highest BCUT2D eigenvalue weighted by molar-refractivity contribution is 7.36. The lowest BCUT2D eigenvalue weighted by Gasteiger charge is -2.24. The van der Waals surface area contributed by atoms with Crippen molar-refractivity contribution in [3.05, 3.63) is 6.33 Å². The lowest BCUT2D eigenvalue weighted by molar-refractivity contribution is -0.149. The lowest BCUT2D eigenvalue weighted by atomic mass is 9.98. The van der Waals surface area contributed by atoms with E-state index in [0.29, 0.717) is 11.3 Å². The van der Waals surface area contributed by atoms with Crippen molar-refractivity contribution in [2.45, 2.75) is 63.9 Å². The van der Waals surface area contributed by atoms with Gasteiger partial charge in [0, 0.05) is 14.1 Å². The molecule has 1 saturated heterocycles. The molecule has 1 aliphatic heterocycles. The van der Waals surface area contributed by atoms with Crippen LogP contribution in [0, 0.1) is 0 Å². The van der Waals surface area contributed by atoms with E-state index in [4.69, 9.17) is 19.7 Å². The zero-order chi connectivity index (χ0) is 25.4. The van der Waals surface area contributed by atoms with Gasteiger partial charge in [0.2, 0.25) is 5.95 Å². The molecular formula is C19H30FN7O6P+. The Morgan fingerprint density at radius 3 is 2.74 bits per heavy atom. The van der Waals surface area contributed by atoms with Gasteiger partial charge in [0.25, 0.3) is 0 Å². The largest absolute Gasteiger partial charge is 0.613 e. The number of nitrogens with two attached hydrogens (primary N) is 1. The fourth-order valence-electron chi connectivity index (χ4n) is 3.48. The molecular weight excluding hydrogens is 472 g/mol. The van der Waals surface area contributed by atoms with Crippen LogP contribution < -0.4 is 15.7 Å². The van der Waals surface area contributed by atoms with Gasteiger partial charge in [-0.2, -0.15) is 9.97 Å². The summed E-state index contributed by atoms with van der Waals surface area (Å²) in [4.78, 5) is 26.1. The summed E-state index contributed by atoms with van der Waals surface area (Å²) in [5, 5.41) is 13.0. The maximum absolute atomic E-state index is 15.6. The van der Waals surface area contributed by atoms with Crippen molar-refractivity contribution in [2.24, 2.45) is 0 Å². The first-order valence-electron chi connectivity index (χ1n) is 10.6. The van der Waals surface area contributed by atoms with E-state index in [1.165, 1.54) is 24.7 Å². The van der Waals surface area contributed by atoms with E-state index < -0.39 is 50.9 Å². The fraction of sp³-hybridized carbons (Fsp3) is 0.684. The number of carbonyl (C=O) groups excluding carboxylic acids is 1. The van der Waals surface area contributed by atoms with Crippen molar-refractivity contribution in [1.29, 1.82) is 0 Å². The number of nitrogens with one attached hydrogen (secondary N) is 1. The minimum atomic E-state index is -2.52. The third-order valence-corrected chi connectivity index (χ3v) is 6.16. The van der Waals surface area contributed by atoms with Crippen LogP contribution in [0.2, 0.25) is 0 Å². The molecule has 0 bridgehead atoms. The van der Waals surface area contributed by atoms with Crippen molar-refractivity contribution >= 4 is 37.1 Å². The first-order valence-corrected chi connectivity index (χ1v) is 11.8. The predicted octanol–water partition coefficient (Wildman–Crippen LogP) is 1.06. The van der Waals surface area contributed by atoms with E-state index in [1.54, 1.807) is 32.8 Å². The van der Waals surface area contributed by atoms with E-state index in [1.807, 2.05) is 0 Å². The molecule has 34 heavy (non-hydrogen) atoms. The zero-order valence-corrected chi connectivity index (χ0v) is 20.7. The Morgan fingerprint density at radius 2 is 2.12 bits per heavy atom. The lowest BCUT2D eigenvalue weighted by Crippen LogP contribution is -2.40. The number of hydrogen-bond donors (Lipinski definition) is 3. The summed E-state index contributed by atoms with van der Waals surface area (Å²) in [6.45, 7) is 5.62. The van der Waals surface area contributed by atoms with Gasteiger partial charge in [0.05, 0.1) is 12.4 Å². The van der Waals surface area contributed by atoms with Crippen LogP contribution in [0.3, 0.4) is 0 Å². The standard InChI is InChI=1S/C19H30FN7O6P/c1-9(2)32-16(29)10(3)25-34(30)31-7-11-13(28)19(4,20)17(33-11)27-8-22-12-14(26(5)6)23-18(21)24-15(12)27/h8-11,13,17,28H,7H2,1-6H3,(H,25,30)(H2,21,23,24)/q+1/t10-,11-,13-,17-,19-/m1/s1. The first kappa shape index (κ1) is 26.1. The number of carbonyl (C=O) groups is 1. The molecule has 0 saturated carbocycles. The van der Waals surface area contributed by atoms with Crippen LogP contribution >= 0.6 is 8.18 Å². The average Bonchev–Trinajstić information content (AvgIpc) is 3.23. The minimum absolute atomic E-state index is 0.0369. The molecule has 3 heterocycles. The molecule has 0 amide bonds. The number of nitrogens with zero attached hydrogens (tertiary/aromatic N) is 5. The van der Waals surface area contributed by atoms with E-state index in [-0.39, 0.29) is 17.7 Å². The van der Waals surface area contributed by atoms with Crippen molar-refractivity contribution in [3.63, 3.8) is 0 Å². The highest BCUT2D eigenvalue weighted by atomic mass is 31.1. The van der Waals surface area contributed by atoms with Gasteiger partial charge in [-0.25, -0.2) is 9.37 Å². The number of alkyl halides is 1. The number of aliphatic hydroxyl groups excluding tert-OH is 1. The van der Waals surface area contributed by atoms with Crippen LogP contribution in [0.4, 0.5) is 16.2 Å². The normalized spacial score (nSPS) is 26.1. The number of aliphatic hydroxyl groups is 1. The van der Waals surface area contributed by atoms with Gasteiger partial charge in [0.15, 0.2) is 28.9 Å². The van der Waals surface area contributed by atoms with Gasteiger partial charge < -0.3 is 25.2 Å². The molecule has 1 fully saturated rings. The Labute approximate surface area is 196 Å². The first-order chi connectivity index (χ1) is 15.8. The van der Waals surface area contributed by atoms with Gasteiger partial charge in [-0.1, -0.05) is 5.09 Å². The summed E-state index contributed by atoms with van der Waals surface area (Å²) in [6.07, 6.45) is -3.10. The molecule has 0 aromatic carbocycles. The number of rotatable bonds is 9. The van der Waals surface area contributed by atoms with Gasteiger partial charge >= 0.3 is 14.1 Å². The summed E-state index contributed by atoms with van der Waals surface area (Å²) in [5.41, 5.74) is 4.15. The Morgan fingerprint density at radius 1 is 1.44 bits per heavy atom. The number of ether oxygens (including phenoxy) is 2. The Kier molecular flexibility index (Phi) is 7.68. The SMILES string of the molecule is CC(C)OC(=O)[C@@H](C)N[P+](=O)OC[C@H]1O[C@@H](n2cnc3c(N(C)C)nc(N)nc32)[C@](C)(F)[C@@H]1O. The van der Waals surface area contributed by atoms with Gasteiger partial charge in [0.1, 0.15) is 24.9 Å². The van der Waals surface area contributed by atoms with Crippen molar-refractivity contribution in [1.82, 2.24) is 24.6 Å². The number of anilines is 2. The number of aromatic nitrogens is 4. The van der Waals surface area contributed by atoms with Crippen molar-refractivity contribution in [3.8, 4) is 0 Å². The molecule has 1 unspecified atom stereocenters. The number of halogens is 1. The summed E-state index contributed by atoms with van der Waals surface area (Å²) in [5.74, 6) is -0.195. The van der Waals surface area contributed by atoms with Crippen molar-refractivity contribution in [2.75, 3.05) is 31.3 Å². The Bertz CT molecular complexity index is 1070. The summed E-state index contributed by atoms with van der Waals surface area (Å²) in [6, 6.07) is -0.895. The second-order valence-corrected chi connectivity index (χ2v) is 9.67. The third-order valence-electron chi connectivity index (χ3n) is 5.17. The maximum atomic E-state index is 15.6. The molecule has 1 aliphatic rings. The van der Waals surface area contributed by atoms with Gasteiger partial charge in [-0.15, -0.1) is 4.52 Å². The predicted molar refractivity (Wildman–Crippen MR) is 121 cm³/mol. The van der Waals surface area contributed by atoms with E-state index >= 15 is 4.39 Å². The number of nitrogen functional groups attached to an aromatic ring is 1. The average molecular weight is 502 g/mol. The van der Waals surface area contributed by atoms with Crippen LogP contribution in [-0.4, -0.2) is 81.3 Å². The molecule has 0 aliphatic carbocycles. The smallest absolute Gasteiger partial charge is 0.462 e. The molecule has 6 atom stereocenters. The van der Waals surface area contributed by atoms with Crippen LogP contribution in [0.5, 0.6) is 0 Å². The monoisotopic (exact) mass is 502 g/mol. The number of imidazole rings is 1. The fourth-order valence-corrected chi connectivity index (χ4v) is 4.25. The molecule has 188 valence electrons. The highest BCUT2D eigenvalue weighted by Gasteiger charge is 2.56. The highest BCUT2D eigenvalue weighted by Crippen LogP contribution is 2.43. The second kappa shape index (κ2) is 10.0. The molecule has 0 spiro atoms. The molecule has 0 radical (unpaired) electrons. The molecule has 13 nitrogen and oxygen atoms in total. The summed E-state index contributed by atoms with van der Waals surface area (Å²) < 4.78 is 45.1. The summed E-state index contributed by atoms with van der Waals surface area (Å²) in [7, 11) is 0.979. The minimum Gasteiger partial charge on any atom is -0.462 e. The van der Waals surface area contributed by atoms with Gasteiger partial charge in [-0.3, -0.25) is 9.36 Å². The number of hydrogen-bond acceptors (Lipinski definition) is 11. The Balaban J connectivity index is 1.73. The number of fused-ring (bicyclic) bond motifs is 1. The zero-order valence-electron chi connectivity index (χ0n) is 19.8. The molecule has 15 heteroatoms. The molecule has 3 rings (SSSR count). The second-order valence-electron chi connectivity index (χ2n) is 8.64. The van der Waals surface area contributed by atoms with Crippen LogP contribution in [-0.2, 0) is 23.4 Å². The van der Waals surface area contributed by atoms with E-state index in [0.717, 1.165) is 0 Å². The maximum Gasteiger partial charge on any atom is 0.613 e. The van der Waals surface area contributed by atoms with E-state index in [9.17, 15) is 14.5 Å². The van der Waals surface area contributed by atoms with Crippen LogP contribution in [0.1, 0.15) is 33.9 Å². The topological polar surface area (TPSA) is 167 Å². The Hall–Kier alpha value is -2.51. The molecule has 2 aromatic rings. The molecule has 4 N–H and O–H groups in total. The van der Waals surface area contributed by atoms with Crippen molar-refractivity contribution < 1.29 is 32.9 Å². The summed E-state index contributed by atoms with van der Waals surface area (Å²) >= 11 is 0. The number of esters is 1. The molecule has 2 aromatic heterocycles. The van der Waals surface area contributed by atoms with Crippen LogP contribution in [0.25, 0.3) is 11.2 Å².